The van der Waals surface area contributed by atoms with E-state index in [-0.39, 0.29) is 10.6 Å². The van der Waals surface area contributed by atoms with Crippen molar-refractivity contribution in [2.45, 2.75) is 11.2 Å². The topological polar surface area (TPSA) is 47.0 Å². The minimum Gasteiger partial charge on any atom is -0.244 e. The summed E-state index contributed by atoms with van der Waals surface area (Å²) >= 11 is 0. The van der Waals surface area contributed by atoms with Crippen LogP contribution < -0.4 is 0 Å². The van der Waals surface area contributed by atoms with Gasteiger partial charge in [-0.25, -0.2) is 17.8 Å². The molecule has 1 aliphatic carbocycles. The fourth-order valence-electron chi connectivity index (χ4n) is 2.67. The van der Waals surface area contributed by atoms with E-state index in [0.717, 1.165) is 18.4 Å². The predicted octanol–water partition coefficient (Wildman–Crippen LogP) is 4.28. The fourth-order valence-corrected chi connectivity index (χ4v) is 3.23. The summed E-state index contributed by atoms with van der Waals surface area (Å²) in [6.07, 6.45) is -0.137. The highest BCUT2D eigenvalue weighted by Gasteiger charge is 2.40. The summed E-state index contributed by atoms with van der Waals surface area (Å²) in [6, 6.07) is 7.78. The molecule has 0 bridgehead atoms. The molecule has 0 saturated carbocycles. The molecular formula is C18H13F4NO2S. The summed E-state index contributed by atoms with van der Waals surface area (Å²) in [7, 11) is -3.51. The Morgan fingerprint density at radius 3 is 1.92 bits per heavy atom. The Balaban J connectivity index is 2.07. The molecule has 0 N–H and O–H groups in total. The highest BCUT2D eigenvalue weighted by Crippen LogP contribution is 2.43. The maximum Gasteiger partial charge on any atom is 0.398 e. The summed E-state index contributed by atoms with van der Waals surface area (Å²) in [4.78, 5) is 3.83. The lowest BCUT2D eigenvalue weighted by molar-refractivity contribution is -0.148. The van der Waals surface area contributed by atoms with Crippen LogP contribution >= 0.6 is 0 Å². The van der Waals surface area contributed by atoms with Gasteiger partial charge in [0.2, 0.25) is 0 Å². The van der Waals surface area contributed by atoms with Gasteiger partial charge < -0.3 is 0 Å². The first kappa shape index (κ1) is 18.3. The van der Waals surface area contributed by atoms with Crippen LogP contribution in [0.4, 0.5) is 17.6 Å². The number of aromatic nitrogens is 1. The second-order valence-electron chi connectivity index (χ2n) is 5.89. The van der Waals surface area contributed by atoms with Gasteiger partial charge in [-0.05, 0) is 41.0 Å². The monoisotopic (exact) mass is 383 g/mol. The van der Waals surface area contributed by atoms with Gasteiger partial charge in [-0.3, -0.25) is 0 Å². The highest BCUT2D eigenvalue weighted by atomic mass is 32.2. The van der Waals surface area contributed by atoms with Crippen LogP contribution in [0, 0.1) is 11.7 Å². The van der Waals surface area contributed by atoms with Gasteiger partial charge in [-0.15, -0.1) is 0 Å². The first-order valence-corrected chi connectivity index (χ1v) is 9.38. The van der Waals surface area contributed by atoms with Crippen LogP contribution in [0.1, 0.15) is 11.1 Å². The van der Waals surface area contributed by atoms with Crippen LogP contribution in [0.5, 0.6) is 0 Å². The first-order chi connectivity index (χ1) is 12.1. The van der Waals surface area contributed by atoms with Gasteiger partial charge in [0.05, 0.1) is 5.92 Å². The van der Waals surface area contributed by atoms with Crippen LogP contribution in [0.2, 0.25) is 0 Å². The van der Waals surface area contributed by atoms with E-state index in [9.17, 15) is 26.0 Å². The van der Waals surface area contributed by atoms with Gasteiger partial charge >= 0.3 is 6.18 Å². The standard InChI is InChI=1S/C18H13F4NO2S/c1-26(24,25)17-7-4-12(10-23-17)16-9-13(18(20,21)22)8-15(16)11-2-5-14(19)6-3-11/h2-10,13H,1H3. The van der Waals surface area contributed by atoms with Crippen molar-refractivity contribution in [3.8, 4) is 0 Å². The molecular weight excluding hydrogens is 370 g/mol. The first-order valence-electron chi connectivity index (χ1n) is 7.49. The lowest BCUT2D eigenvalue weighted by atomic mass is 9.96. The molecule has 3 rings (SSSR count). The summed E-state index contributed by atoms with van der Waals surface area (Å²) in [5.41, 5.74) is 1.34. The Kier molecular flexibility index (Phi) is 4.47. The predicted molar refractivity (Wildman–Crippen MR) is 89.2 cm³/mol. The Morgan fingerprint density at radius 2 is 1.46 bits per heavy atom. The highest BCUT2D eigenvalue weighted by molar-refractivity contribution is 7.90. The van der Waals surface area contributed by atoms with Gasteiger partial charge in [0.25, 0.3) is 0 Å². The molecule has 0 amide bonds. The second-order valence-corrected chi connectivity index (χ2v) is 7.85. The number of nitrogens with zero attached hydrogens (tertiary/aromatic N) is 1. The van der Waals surface area contributed by atoms with E-state index in [2.05, 4.69) is 4.98 Å². The smallest absolute Gasteiger partial charge is 0.244 e. The fraction of sp³-hybridized carbons (Fsp3) is 0.167. The Hall–Kier alpha value is -2.48. The van der Waals surface area contributed by atoms with Gasteiger partial charge in [0.1, 0.15) is 5.82 Å². The van der Waals surface area contributed by atoms with Gasteiger partial charge in [-0.1, -0.05) is 24.3 Å². The van der Waals surface area contributed by atoms with Gasteiger partial charge in [0, 0.05) is 18.0 Å². The molecule has 8 heteroatoms. The average molecular weight is 383 g/mol. The van der Waals surface area contributed by atoms with Crippen molar-refractivity contribution in [2.24, 2.45) is 5.92 Å². The third-order valence-electron chi connectivity index (χ3n) is 3.94. The number of hydrogen-bond donors (Lipinski definition) is 0. The van der Waals surface area contributed by atoms with E-state index in [4.69, 9.17) is 0 Å². The number of benzene rings is 1. The lowest BCUT2D eigenvalue weighted by Crippen LogP contribution is -2.17. The third-order valence-corrected chi connectivity index (χ3v) is 4.94. The van der Waals surface area contributed by atoms with Crippen LogP contribution in [0.15, 0.2) is 59.8 Å². The number of sulfone groups is 1. The summed E-state index contributed by atoms with van der Waals surface area (Å²) in [5, 5.41) is -0.167. The molecule has 0 saturated heterocycles. The normalized spacial score (nSPS) is 17.8. The average Bonchev–Trinajstić information content (AvgIpc) is 3.00. The van der Waals surface area contributed by atoms with E-state index >= 15 is 0 Å². The minimum atomic E-state index is -4.47. The number of allylic oxidation sites excluding steroid dienone is 4. The molecule has 1 aliphatic rings. The zero-order valence-corrected chi connectivity index (χ0v) is 14.3. The molecule has 0 fully saturated rings. The molecule has 1 unspecified atom stereocenters. The zero-order chi connectivity index (χ0) is 19.1. The minimum absolute atomic E-state index is 0.167. The summed E-state index contributed by atoms with van der Waals surface area (Å²) in [6.45, 7) is 0. The molecule has 1 atom stereocenters. The van der Waals surface area contributed by atoms with Crippen molar-refractivity contribution in [3.05, 3.63) is 71.7 Å². The van der Waals surface area contributed by atoms with Gasteiger partial charge in [0.15, 0.2) is 14.9 Å². The second kappa shape index (κ2) is 6.35. The van der Waals surface area contributed by atoms with E-state index in [0.29, 0.717) is 16.7 Å². The van der Waals surface area contributed by atoms with E-state index in [1.54, 1.807) is 0 Å². The zero-order valence-electron chi connectivity index (χ0n) is 13.5. The van der Waals surface area contributed by atoms with E-state index in [1.165, 1.54) is 42.6 Å². The molecule has 1 heterocycles. The van der Waals surface area contributed by atoms with Crippen molar-refractivity contribution in [2.75, 3.05) is 6.26 Å². The quantitative estimate of drug-likeness (QED) is 0.743. The van der Waals surface area contributed by atoms with Crippen molar-refractivity contribution >= 4 is 21.0 Å². The van der Waals surface area contributed by atoms with Crippen molar-refractivity contribution in [1.82, 2.24) is 4.98 Å². The number of halogens is 4. The Labute approximate surface area is 147 Å². The van der Waals surface area contributed by atoms with Crippen LogP contribution in [-0.4, -0.2) is 25.8 Å². The number of rotatable bonds is 3. The molecule has 0 aliphatic heterocycles. The molecule has 136 valence electrons. The van der Waals surface area contributed by atoms with Crippen molar-refractivity contribution < 1.29 is 26.0 Å². The number of alkyl halides is 3. The number of pyridine rings is 1. The van der Waals surface area contributed by atoms with Crippen molar-refractivity contribution in [1.29, 1.82) is 0 Å². The maximum atomic E-state index is 13.2. The molecule has 26 heavy (non-hydrogen) atoms. The lowest BCUT2D eigenvalue weighted by Gasteiger charge is -2.10. The third kappa shape index (κ3) is 3.70. The van der Waals surface area contributed by atoms with Crippen LogP contribution in [-0.2, 0) is 9.84 Å². The Morgan fingerprint density at radius 1 is 0.923 bits per heavy atom. The van der Waals surface area contributed by atoms with E-state index < -0.39 is 27.7 Å². The van der Waals surface area contributed by atoms with Gasteiger partial charge in [-0.2, -0.15) is 13.2 Å². The molecule has 0 spiro atoms. The molecule has 0 radical (unpaired) electrons. The maximum absolute atomic E-state index is 13.2. The molecule has 3 nitrogen and oxygen atoms in total. The van der Waals surface area contributed by atoms with Crippen LogP contribution in [0.25, 0.3) is 11.1 Å². The molecule has 1 aromatic carbocycles. The summed E-state index contributed by atoms with van der Waals surface area (Å²) in [5.74, 6) is -2.28. The summed E-state index contributed by atoms with van der Waals surface area (Å²) < 4.78 is 75.7. The Bertz CT molecular complexity index is 989. The molecule has 2 aromatic rings. The van der Waals surface area contributed by atoms with Crippen molar-refractivity contribution in [3.63, 3.8) is 0 Å². The number of hydrogen-bond acceptors (Lipinski definition) is 3. The van der Waals surface area contributed by atoms with E-state index in [1.807, 2.05) is 0 Å². The largest absolute Gasteiger partial charge is 0.398 e. The molecule has 1 aromatic heterocycles. The SMILES string of the molecule is CS(=O)(=O)c1ccc(C2=CC(C(F)(F)F)C=C2c2ccc(F)cc2)cn1. The van der Waals surface area contributed by atoms with Crippen LogP contribution in [0.3, 0.4) is 0 Å².